The molecule has 0 aliphatic rings. The van der Waals surface area contributed by atoms with Crippen LogP contribution < -0.4 is 10.1 Å². The second kappa shape index (κ2) is 6.97. The summed E-state index contributed by atoms with van der Waals surface area (Å²) in [5.74, 6) is -0.976. The maximum absolute atomic E-state index is 11.7. The lowest BCUT2D eigenvalue weighted by atomic mass is 10.2. The number of amides is 1. The Hall–Kier alpha value is -2.23. The van der Waals surface area contributed by atoms with E-state index >= 15 is 0 Å². The standard InChI is InChI=1S/C13H10IN3O4/c14-9-3-2-8(12(19)20)6-10(9)21-7-11(18)17-13-15-4-1-5-16-13/h1-6H,7H2,(H,19,20)(H,15,16,17,18). The van der Waals surface area contributed by atoms with Gasteiger partial charge in [-0.1, -0.05) is 0 Å². The first-order valence-corrected chi connectivity index (χ1v) is 6.86. The van der Waals surface area contributed by atoms with Crippen LogP contribution in [0.15, 0.2) is 36.7 Å². The van der Waals surface area contributed by atoms with E-state index in [9.17, 15) is 9.59 Å². The molecule has 2 aromatic rings. The van der Waals surface area contributed by atoms with E-state index in [1.807, 2.05) is 22.6 Å². The third-order valence-corrected chi connectivity index (χ3v) is 3.25. The number of halogens is 1. The molecule has 7 nitrogen and oxygen atoms in total. The molecular formula is C13H10IN3O4. The van der Waals surface area contributed by atoms with Crippen LogP contribution in [-0.4, -0.2) is 33.6 Å². The summed E-state index contributed by atoms with van der Waals surface area (Å²) in [4.78, 5) is 30.3. The smallest absolute Gasteiger partial charge is 0.335 e. The molecule has 0 aliphatic heterocycles. The van der Waals surface area contributed by atoms with Crippen LogP contribution in [0.1, 0.15) is 10.4 Å². The second-order valence-electron chi connectivity index (χ2n) is 3.86. The number of nitrogens with zero attached hydrogens (tertiary/aromatic N) is 2. The highest BCUT2D eigenvalue weighted by atomic mass is 127. The zero-order chi connectivity index (χ0) is 15.2. The Kier molecular flexibility index (Phi) is 5.04. The highest BCUT2D eigenvalue weighted by molar-refractivity contribution is 14.1. The van der Waals surface area contributed by atoms with Crippen molar-refractivity contribution in [2.24, 2.45) is 0 Å². The van der Waals surface area contributed by atoms with Gasteiger partial charge in [-0.25, -0.2) is 14.8 Å². The zero-order valence-electron chi connectivity index (χ0n) is 10.6. The van der Waals surface area contributed by atoms with Crippen molar-refractivity contribution in [1.82, 2.24) is 9.97 Å². The number of hydrogen-bond donors (Lipinski definition) is 2. The molecule has 0 spiro atoms. The number of benzene rings is 1. The molecule has 8 heteroatoms. The number of hydrogen-bond acceptors (Lipinski definition) is 5. The van der Waals surface area contributed by atoms with Crippen LogP contribution in [-0.2, 0) is 4.79 Å². The van der Waals surface area contributed by atoms with Crippen LogP contribution in [0.3, 0.4) is 0 Å². The van der Waals surface area contributed by atoms with Crippen LogP contribution in [0.5, 0.6) is 5.75 Å². The monoisotopic (exact) mass is 399 g/mol. The molecular weight excluding hydrogens is 389 g/mol. The number of carbonyl (C=O) groups is 2. The van der Waals surface area contributed by atoms with E-state index < -0.39 is 11.9 Å². The number of carbonyl (C=O) groups excluding carboxylic acids is 1. The molecule has 0 bridgehead atoms. The number of aromatic nitrogens is 2. The molecule has 0 radical (unpaired) electrons. The molecule has 1 amide bonds. The molecule has 2 N–H and O–H groups in total. The van der Waals surface area contributed by atoms with Gasteiger partial charge in [-0.3, -0.25) is 10.1 Å². The SMILES string of the molecule is O=C(COc1cc(C(=O)O)ccc1I)Nc1ncccn1. The van der Waals surface area contributed by atoms with Gasteiger partial charge in [-0.05, 0) is 46.9 Å². The number of anilines is 1. The van der Waals surface area contributed by atoms with E-state index in [0.29, 0.717) is 9.32 Å². The van der Waals surface area contributed by atoms with Gasteiger partial charge >= 0.3 is 5.97 Å². The van der Waals surface area contributed by atoms with Crippen LogP contribution >= 0.6 is 22.6 Å². The number of aromatic carboxylic acids is 1. The summed E-state index contributed by atoms with van der Waals surface area (Å²) in [6.45, 7) is -0.267. The molecule has 108 valence electrons. The van der Waals surface area contributed by atoms with E-state index in [4.69, 9.17) is 9.84 Å². The number of rotatable bonds is 5. The van der Waals surface area contributed by atoms with Gasteiger partial charge in [-0.15, -0.1) is 0 Å². The quantitative estimate of drug-likeness (QED) is 0.744. The molecule has 21 heavy (non-hydrogen) atoms. The van der Waals surface area contributed by atoms with E-state index in [2.05, 4.69) is 15.3 Å². The van der Waals surface area contributed by atoms with Gasteiger partial charge < -0.3 is 9.84 Å². The normalized spacial score (nSPS) is 9.95. The first-order chi connectivity index (χ1) is 10.1. The lowest BCUT2D eigenvalue weighted by Crippen LogP contribution is -2.21. The Balaban J connectivity index is 1.98. The van der Waals surface area contributed by atoms with Crippen LogP contribution in [0.2, 0.25) is 0 Å². The first-order valence-electron chi connectivity index (χ1n) is 5.79. The molecule has 0 unspecified atom stereocenters. The molecule has 0 saturated carbocycles. The summed E-state index contributed by atoms with van der Waals surface area (Å²) in [6.07, 6.45) is 3.01. The van der Waals surface area contributed by atoms with Crippen molar-refractivity contribution in [2.75, 3.05) is 11.9 Å². The lowest BCUT2D eigenvalue weighted by Gasteiger charge is -2.09. The molecule has 0 aliphatic carbocycles. The molecule has 1 heterocycles. The van der Waals surface area contributed by atoms with E-state index in [-0.39, 0.29) is 18.1 Å². The summed E-state index contributed by atoms with van der Waals surface area (Å²) in [5.41, 5.74) is 0.0946. The van der Waals surface area contributed by atoms with Crippen molar-refractivity contribution >= 4 is 40.4 Å². The second-order valence-corrected chi connectivity index (χ2v) is 5.02. The Labute approximate surface area is 133 Å². The van der Waals surface area contributed by atoms with Crippen LogP contribution in [0.4, 0.5) is 5.95 Å². The fourth-order valence-corrected chi connectivity index (χ4v) is 1.91. The fraction of sp³-hybridized carbons (Fsp3) is 0.0769. The lowest BCUT2D eigenvalue weighted by molar-refractivity contribution is -0.118. The van der Waals surface area contributed by atoms with Gasteiger partial charge in [0.15, 0.2) is 6.61 Å². The third-order valence-electron chi connectivity index (χ3n) is 2.35. The fourth-order valence-electron chi connectivity index (χ4n) is 1.41. The molecule has 0 atom stereocenters. The summed E-state index contributed by atoms with van der Waals surface area (Å²) in [6, 6.07) is 6.08. The Morgan fingerprint density at radius 1 is 1.29 bits per heavy atom. The third kappa shape index (κ3) is 4.38. The first kappa shape index (κ1) is 15.2. The van der Waals surface area contributed by atoms with Gasteiger partial charge in [-0.2, -0.15) is 0 Å². The highest BCUT2D eigenvalue weighted by Crippen LogP contribution is 2.22. The number of ether oxygens (including phenoxy) is 1. The van der Waals surface area contributed by atoms with Crippen molar-refractivity contribution in [3.05, 3.63) is 45.8 Å². The molecule has 1 aromatic heterocycles. The highest BCUT2D eigenvalue weighted by Gasteiger charge is 2.10. The molecule has 0 fully saturated rings. The number of carboxylic acids is 1. The zero-order valence-corrected chi connectivity index (χ0v) is 12.8. The summed E-state index contributed by atoms with van der Waals surface area (Å²) < 4.78 is 6.03. The molecule has 0 saturated heterocycles. The molecule has 1 aromatic carbocycles. The van der Waals surface area contributed by atoms with E-state index in [0.717, 1.165) is 0 Å². The van der Waals surface area contributed by atoms with Gasteiger partial charge in [0, 0.05) is 12.4 Å². The minimum Gasteiger partial charge on any atom is -0.483 e. The van der Waals surface area contributed by atoms with Crippen molar-refractivity contribution in [1.29, 1.82) is 0 Å². The van der Waals surface area contributed by atoms with Gasteiger partial charge in [0.1, 0.15) is 5.75 Å². The summed E-state index contributed by atoms with van der Waals surface area (Å²) >= 11 is 2.00. The van der Waals surface area contributed by atoms with E-state index in [1.54, 1.807) is 12.1 Å². The number of nitrogens with one attached hydrogen (secondary N) is 1. The summed E-state index contributed by atoms with van der Waals surface area (Å²) in [5, 5.41) is 11.4. The largest absolute Gasteiger partial charge is 0.483 e. The predicted octanol–water partition coefficient (Wildman–Crippen LogP) is 1.80. The van der Waals surface area contributed by atoms with Crippen molar-refractivity contribution in [3.63, 3.8) is 0 Å². The topological polar surface area (TPSA) is 101 Å². The van der Waals surface area contributed by atoms with Crippen molar-refractivity contribution in [3.8, 4) is 5.75 Å². The minimum absolute atomic E-state index is 0.0946. The van der Waals surface area contributed by atoms with Crippen molar-refractivity contribution in [2.45, 2.75) is 0 Å². The Morgan fingerprint density at radius 3 is 2.67 bits per heavy atom. The maximum Gasteiger partial charge on any atom is 0.335 e. The van der Waals surface area contributed by atoms with Crippen LogP contribution in [0, 0.1) is 3.57 Å². The minimum atomic E-state index is -1.06. The summed E-state index contributed by atoms with van der Waals surface area (Å²) in [7, 11) is 0. The van der Waals surface area contributed by atoms with Crippen molar-refractivity contribution < 1.29 is 19.4 Å². The average Bonchev–Trinajstić information content (AvgIpc) is 2.47. The van der Waals surface area contributed by atoms with Crippen LogP contribution in [0.25, 0.3) is 0 Å². The predicted molar refractivity (Wildman–Crippen MR) is 82.3 cm³/mol. The van der Waals surface area contributed by atoms with E-state index in [1.165, 1.54) is 24.5 Å². The average molecular weight is 399 g/mol. The Morgan fingerprint density at radius 2 is 2.00 bits per heavy atom. The van der Waals surface area contributed by atoms with Gasteiger partial charge in [0.2, 0.25) is 5.95 Å². The van der Waals surface area contributed by atoms with Gasteiger partial charge in [0.05, 0.1) is 9.13 Å². The Bertz CT molecular complexity index is 664. The number of carboxylic acid groups (broad SMARTS) is 1. The maximum atomic E-state index is 11.7. The molecule has 2 rings (SSSR count). The van der Waals surface area contributed by atoms with Gasteiger partial charge in [0.25, 0.3) is 5.91 Å².